The van der Waals surface area contributed by atoms with Gasteiger partial charge in [-0.05, 0) is 20.8 Å². The molecule has 0 bridgehead atoms. The highest BCUT2D eigenvalue weighted by molar-refractivity contribution is 7.12. The minimum absolute atomic E-state index is 0.0667. The number of hydrogen-bond donors (Lipinski definition) is 1. The predicted octanol–water partition coefficient (Wildman–Crippen LogP) is 1.99. The maximum absolute atomic E-state index is 12.2. The third kappa shape index (κ3) is 4.02. The van der Waals surface area contributed by atoms with Gasteiger partial charge < -0.3 is 14.7 Å². The zero-order chi connectivity index (χ0) is 13.1. The van der Waals surface area contributed by atoms with Crippen LogP contribution >= 0.6 is 11.3 Å². The van der Waals surface area contributed by atoms with E-state index < -0.39 is 5.60 Å². The van der Waals surface area contributed by atoms with Crippen molar-refractivity contribution in [3.05, 3.63) is 16.3 Å². The van der Waals surface area contributed by atoms with E-state index in [1.54, 1.807) is 37.3 Å². The highest BCUT2D eigenvalue weighted by Gasteiger charge is 2.23. The van der Waals surface area contributed by atoms with Gasteiger partial charge in [0.15, 0.2) is 0 Å². The summed E-state index contributed by atoms with van der Waals surface area (Å²) in [4.78, 5) is 14.4. The van der Waals surface area contributed by atoms with Gasteiger partial charge in [0.1, 0.15) is 5.75 Å². The summed E-state index contributed by atoms with van der Waals surface area (Å²) in [5.41, 5.74) is -0.882. The van der Waals surface area contributed by atoms with Crippen molar-refractivity contribution in [3.63, 3.8) is 0 Å². The number of carbonyl (C=O) groups excluding carboxylic acids is 1. The van der Waals surface area contributed by atoms with Crippen molar-refractivity contribution < 1.29 is 14.6 Å². The summed E-state index contributed by atoms with van der Waals surface area (Å²) in [5, 5.41) is 11.5. The van der Waals surface area contributed by atoms with E-state index in [0.717, 1.165) is 0 Å². The number of aliphatic hydroxyl groups is 1. The number of ether oxygens (including phenoxy) is 1. The molecule has 1 aromatic heterocycles. The minimum atomic E-state index is -0.882. The van der Waals surface area contributed by atoms with Gasteiger partial charge in [-0.15, -0.1) is 11.3 Å². The van der Waals surface area contributed by atoms with Crippen molar-refractivity contribution >= 4 is 17.2 Å². The van der Waals surface area contributed by atoms with Crippen LogP contribution in [0.2, 0.25) is 0 Å². The molecule has 1 heterocycles. The van der Waals surface area contributed by atoms with E-state index in [9.17, 15) is 9.90 Å². The zero-order valence-corrected chi connectivity index (χ0v) is 11.5. The largest absolute Gasteiger partial charge is 0.496 e. The summed E-state index contributed by atoms with van der Waals surface area (Å²) in [6.07, 6.45) is 0. The van der Waals surface area contributed by atoms with Crippen molar-refractivity contribution in [2.75, 3.05) is 20.2 Å². The minimum Gasteiger partial charge on any atom is -0.496 e. The van der Waals surface area contributed by atoms with Gasteiger partial charge in [0.2, 0.25) is 0 Å². The lowest BCUT2D eigenvalue weighted by molar-refractivity contribution is 0.0317. The highest BCUT2D eigenvalue weighted by atomic mass is 32.1. The van der Waals surface area contributed by atoms with E-state index >= 15 is 0 Å². The van der Waals surface area contributed by atoms with Crippen LogP contribution in [-0.4, -0.2) is 41.7 Å². The first-order valence-corrected chi connectivity index (χ1v) is 6.39. The highest BCUT2D eigenvalue weighted by Crippen LogP contribution is 2.23. The molecule has 1 rings (SSSR count). The van der Waals surface area contributed by atoms with E-state index in [0.29, 0.717) is 23.7 Å². The normalized spacial score (nSPS) is 11.4. The standard InChI is InChI=1S/C12H19NO3S/c1-5-13(8-12(2,3)15)11(14)10-6-9(16-4)7-17-10/h6-7,15H,5,8H2,1-4H3. The molecule has 0 unspecified atom stereocenters. The molecule has 0 saturated carbocycles. The number of carbonyl (C=O) groups is 1. The van der Waals surface area contributed by atoms with Crippen molar-refractivity contribution in [1.82, 2.24) is 4.90 Å². The molecule has 0 atom stereocenters. The quantitative estimate of drug-likeness (QED) is 0.877. The summed E-state index contributed by atoms with van der Waals surface area (Å²) < 4.78 is 5.05. The Morgan fingerprint density at radius 1 is 1.59 bits per heavy atom. The van der Waals surface area contributed by atoms with Gasteiger partial charge in [-0.25, -0.2) is 0 Å². The molecule has 0 aliphatic carbocycles. The Balaban J connectivity index is 2.79. The van der Waals surface area contributed by atoms with E-state index in [1.807, 2.05) is 6.92 Å². The second-order valence-corrected chi connectivity index (χ2v) is 5.39. The van der Waals surface area contributed by atoms with Crippen molar-refractivity contribution in [1.29, 1.82) is 0 Å². The van der Waals surface area contributed by atoms with Crippen LogP contribution in [0.25, 0.3) is 0 Å². The molecule has 4 nitrogen and oxygen atoms in total. The SMILES string of the molecule is CCN(CC(C)(C)O)C(=O)c1cc(OC)cs1. The lowest BCUT2D eigenvalue weighted by atomic mass is 10.1. The summed E-state index contributed by atoms with van der Waals surface area (Å²) in [6, 6.07) is 1.72. The maximum Gasteiger partial charge on any atom is 0.264 e. The first-order chi connectivity index (χ1) is 7.87. The summed E-state index contributed by atoms with van der Waals surface area (Å²) in [7, 11) is 1.57. The zero-order valence-electron chi connectivity index (χ0n) is 10.7. The third-order valence-electron chi connectivity index (χ3n) is 2.27. The molecule has 1 N–H and O–H groups in total. The van der Waals surface area contributed by atoms with Crippen LogP contribution in [0.4, 0.5) is 0 Å². The number of likely N-dealkylation sites (N-methyl/N-ethyl adjacent to an activating group) is 1. The summed E-state index contributed by atoms with van der Waals surface area (Å²) >= 11 is 1.35. The summed E-state index contributed by atoms with van der Waals surface area (Å²) in [5.74, 6) is 0.626. The molecule has 96 valence electrons. The fraction of sp³-hybridized carbons (Fsp3) is 0.583. The molecule has 0 aliphatic heterocycles. The molecule has 0 aliphatic rings. The smallest absolute Gasteiger partial charge is 0.264 e. The third-order valence-corrected chi connectivity index (χ3v) is 3.17. The van der Waals surface area contributed by atoms with Crippen LogP contribution in [0.5, 0.6) is 5.75 Å². The molecule has 0 aromatic carbocycles. The van der Waals surface area contributed by atoms with Crippen molar-refractivity contribution in [3.8, 4) is 5.75 Å². The van der Waals surface area contributed by atoms with E-state index in [-0.39, 0.29) is 5.91 Å². The lowest BCUT2D eigenvalue weighted by Gasteiger charge is -2.27. The number of rotatable bonds is 5. The number of methoxy groups -OCH3 is 1. The first kappa shape index (κ1) is 14.0. The van der Waals surface area contributed by atoms with Crippen molar-refractivity contribution in [2.45, 2.75) is 26.4 Å². The van der Waals surface area contributed by atoms with E-state index in [2.05, 4.69) is 0 Å². The van der Waals surface area contributed by atoms with Gasteiger partial charge in [0.05, 0.1) is 17.6 Å². The Bertz CT molecular complexity index is 381. The van der Waals surface area contributed by atoms with Gasteiger partial charge >= 0.3 is 0 Å². The van der Waals surface area contributed by atoms with Gasteiger partial charge in [0.25, 0.3) is 5.91 Å². The molecule has 1 amide bonds. The van der Waals surface area contributed by atoms with Gasteiger partial charge in [-0.2, -0.15) is 0 Å². The molecule has 0 radical (unpaired) electrons. The van der Waals surface area contributed by atoms with E-state index in [4.69, 9.17) is 4.74 Å². The van der Waals surface area contributed by atoms with Crippen LogP contribution < -0.4 is 4.74 Å². The van der Waals surface area contributed by atoms with Crippen LogP contribution in [0.1, 0.15) is 30.4 Å². The van der Waals surface area contributed by atoms with E-state index in [1.165, 1.54) is 11.3 Å². The molecule has 0 spiro atoms. The second-order valence-electron chi connectivity index (χ2n) is 4.48. The Morgan fingerprint density at radius 3 is 2.65 bits per heavy atom. The predicted molar refractivity (Wildman–Crippen MR) is 68.7 cm³/mol. The van der Waals surface area contributed by atoms with Gasteiger partial charge in [-0.3, -0.25) is 4.79 Å². The number of amides is 1. The lowest BCUT2D eigenvalue weighted by Crippen LogP contribution is -2.41. The van der Waals surface area contributed by atoms with Crippen LogP contribution in [-0.2, 0) is 0 Å². The average molecular weight is 257 g/mol. The number of thiophene rings is 1. The Hall–Kier alpha value is -1.07. The Labute approximate surface area is 106 Å². The fourth-order valence-electron chi connectivity index (χ4n) is 1.49. The van der Waals surface area contributed by atoms with Crippen molar-refractivity contribution in [2.24, 2.45) is 0 Å². The van der Waals surface area contributed by atoms with Crippen LogP contribution in [0.3, 0.4) is 0 Å². The molecule has 0 fully saturated rings. The average Bonchev–Trinajstić information content (AvgIpc) is 2.72. The molecule has 0 saturated heterocycles. The maximum atomic E-state index is 12.2. The first-order valence-electron chi connectivity index (χ1n) is 5.51. The molecule has 1 aromatic rings. The fourth-order valence-corrected chi connectivity index (χ4v) is 2.31. The second kappa shape index (κ2) is 5.51. The van der Waals surface area contributed by atoms with Crippen LogP contribution in [0.15, 0.2) is 11.4 Å². The summed E-state index contributed by atoms with van der Waals surface area (Å²) in [6.45, 7) is 6.18. The van der Waals surface area contributed by atoms with Crippen LogP contribution in [0, 0.1) is 0 Å². The molecular weight excluding hydrogens is 238 g/mol. The molecule has 17 heavy (non-hydrogen) atoms. The molecular formula is C12H19NO3S. The Kier molecular flexibility index (Phi) is 4.54. The number of nitrogens with zero attached hydrogens (tertiary/aromatic N) is 1. The molecule has 5 heteroatoms. The monoisotopic (exact) mass is 257 g/mol. The Morgan fingerprint density at radius 2 is 2.24 bits per heavy atom. The number of hydrogen-bond acceptors (Lipinski definition) is 4. The topological polar surface area (TPSA) is 49.8 Å². The van der Waals surface area contributed by atoms with Gasteiger partial charge in [-0.1, -0.05) is 0 Å². The van der Waals surface area contributed by atoms with Gasteiger partial charge in [0, 0.05) is 24.5 Å².